The third-order valence-electron chi connectivity index (χ3n) is 3.16. The van der Waals surface area contributed by atoms with E-state index in [1.807, 2.05) is 23.5 Å². The van der Waals surface area contributed by atoms with Crippen molar-refractivity contribution >= 4 is 65.6 Å². The van der Waals surface area contributed by atoms with Crippen molar-refractivity contribution in [2.75, 3.05) is 0 Å². The standard InChI is InChI=1S/C16H16I2OSi2/c1-3-20(17,15-11-7-5-8-12-15)19-21(18,4-2)16-13-9-6-10-14-16/h3-14H,1-2H2. The molecule has 1 nitrogen and oxygen atoms in total. The van der Waals surface area contributed by atoms with E-state index < -0.39 is 11.6 Å². The lowest BCUT2D eigenvalue weighted by Gasteiger charge is -2.32. The minimum atomic E-state index is -2.22. The molecule has 0 saturated carbocycles. The Morgan fingerprint density at radius 2 is 1.05 bits per heavy atom. The average molecular weight is 534 g/mol. The summed E-state index contributed by atoms with van der Waals surface area (Å²) >= 11 is 4.92. The number of halogens is 2. The smallest absolute Gasteiger partial charge is 0.306 e. The summed E-state index contributed by atoms with van der Waals surface area (Å²) in [6, 6.07) is 20.8. The van der Waals surface area contributed by atoms with Crippen LogP contribution in [0.5, 0.6) is 0 Å². The first-order valence-electron chi connectivity index (χ1n) is 6.50. The van der Waals surface area contributed by atoms with E-state index in [0.717, 1.165) is 0 Å². The second kappa shape index (κ2) is 7.36. The summed E-state index contributed by atoms with van der Waals surface area (Å²) in [6.45, 7) is 8.07. The Kier molecular flexibility index (Phi) is 6.00. The molecule has 0 aromatic heterocycles. The van der Waals surface area contributed by atoms with Crippen LogP contribution >= 0.6 is 43.6 Å². The molecule has 5 heteroatoms. The molecule has 0 saturated heterocycles. The molecule has 2 atom stereocenters. The van der Waals surface area contributed by atoms with E-state index in [9.17, 15) is 0 Å². The van der Waals surface area contributed by atoms with Gasteiger partial charge in [0.05, 0.1) is 0 Å². The zero-order valence-electron chi connectivity index (χ0n) is 11.5. The quantitative estimate of drug-likeness (QED) is 0.309. The molecule has 0 spiro atoms. The molecule has 2 aromatic carbocycles. The van der Waals surface area contributed by atoms with E-state index in [1.165, 1.54) is 10.4 Å². The van der Waals surface area contributed by atoms with Crippen LogP contribution in [0.25, 0.3) is 0 Å². The average Bonchev–Trinajstić information content (AvgIpc) is 2.56. The maximum atomic E-state index is 6.71. The first-order chi connectivity index (χ1) is 10.0. The second-order valence-corrected chi connectivity index (χ2v) is 19.5. The molecule has 0 radical (unpaired) electrons. The van der Waals surface area contributed by atoms with Crippen molar-refractivity contribution in [2.45, 2.75) is 0 Å². The van der Waals surface area contributed by atoms with Gasteiger partial charge in [0.15, 0.2) is 0 Å². The molecule has 2 unspecified atom stereocenters. The molecule has 2 rings (SSSR count). The van der Waals surface area contributed by atoms with Gasteiger partial charge in [0.1, 0.15) is 0 Å². The Balaban J connectivity index is 2.40. The summed E-state index contributed by atoms with van der Waals surface area (Å²) in [5.74, 6) is -4.44. The topological polar surface area (TPSA) is 9.23 Å². The lowest BCUT2D eigenvalue weighted by atomic mass is 10.4. The summed E-state index contributed by atoms with van der Waals surface area (Å²) in [5, 5.41) is 2.46. The van der Waals surface area contributed by atoms with Crippen LogP contribution in [0.4, 0.5) is 0 Å². The highest BCUT2D eigenvalue weighted by Gasteiger charge is 2.42. The van der Waals surface area contributed by atoms with Crippen molar-refractivity contribution in [3.63, 3.8) is 0 Å². The van der Waals surface area contributed by atoms with Gasteiger partial charge in [-0.05, 0) is 10.4 Å². The zero-order valence-corrected chi connectivity index (χ0v) is 17.8. The first-order valence-corrected chi connectivity index (χ1v) is 16.7. The normalized spacial score (nSPS) is 16.5. The van der Waals surface area contributed by atoms with E-state index in [2.05, 4.69) is 105 Å². The predicted molar refractivity (Wildman–Crippen MR) is 113 cm³/mol. The molecule has 2 aromatic rings. The van der Waals surface area contributed by atoms with E-state index in [-0.39, 0.29) is 0 Å². The highest BCUT2D eigenvalue weighted by atomic mass is 127. The molecule has 0 aliphatic carbocycles. The molecule has 21 heavy (non-hydrogen) atoms. The minimum absolute atomic E-state index is 1.23. The molecule has 0 heterocycles. The predicted octanol–water partition coefficient (Wildman–Crippen LogP) is 4.02. The van der Waals surface area contributed by atoms with Gasteiger partial charge in [-0.15, -0.1) is 13.2 Å². The van der Waals surface area contributed by atoms with Gasteiger partial charge >= 0.3 is 11.6 Å². The van der Waals surface area contributed by atoms with Gasteiger partial charge in [0.25, 0.3) is 0 Å². The fourth-order valence-electron chi connectivity index (χ4n) is 1.98. The molecule has 0 N–H and O–H groups in total. The fraction of sp³-hybridized carbons (Fsp3) is 0. The van der Waals surface area contributed by atoms with Crippen molar-refractivity contribution in [3.8, 4) is 0 Å². The van der Waals surface area contributed by atoms with Crippen LogP contribution in [0.15, 0.2) is 85.2 Å². The van der Waals surface area contributed by atoms with Gasteiger partial charge < -0.3 is 4.12 Å². The third-order valence-corrected chi connectivity index (χ3v) is 19.2. The highest BCUT2D eigenvalue weighted by molar-refractivity contribution is 14.1. The van der Waals surface area contributed by atoms with Gasteiger partial charge in [0, 0.05) is 0 Å². The maximum absolute atomic E-state index is 6.71. The lowest BCUT2D eigenvalue weighted by molar-refractivity contribution is 0.625. The molecule has 0 aliphatic heterocycles. The van der Waals surface area contributed by atoms with E-state index in [1.54, 1.807) is 0 Å². The largest absolute Gasteiger partial charge is 0.428 e. The van der Waals surface area contributed by atoms with Gasteiger partial charge in [-0.1, -0.05) is 116 Å². The summed E-state index contributed by atoms with van der Waals surface area (Å²) in [5.41, 5.74) is 3.99. The summed E-state index contributed by atoms with van der Waals surface area (Å²) in [6.07, 6.45) is 0. The Hall–Kier alpha value is -0.226. The SMILES string of the molecule is C=C[Si](I)(O[Si](I)(C=C)c1ccccc1)c1ccccc1. The van der Waals surface area contributed by atoms with Gasteiger partial charge in [-0.2, -0.15) is 0 Å². The Morgan fingerprint density at radius 3 is 1.33 bits per heavy atom. The monoisotopic (exact) mass is 534 g/mol. The number of hydrogen-bond acceptors (Lipinski definition) is 1. The summed E-state index contributed by atoms with van der Waals surface area (Å²) in [7, 11) is 0. The number of hydrogen-bond donors (Lipinski definition) is 0. The number of rotatable bonds is 6. The van der Waals surface area contributed by atoms with Crippen LogP contribution in [0.3, 0.4) is 0 Å². The Bertz CT molecular complexity index is 565. The Labute approximate surface area is 153 Å². The van der Waals surface area contributed by atoms with Crippen molar-refractivity contribution in [3.05, 3.63) is 85.2 Å². The zero-order chi connectivity index (χ0) is 15.3. The van der Waals surface area contributed by atoms with Crippen LogP contribution in [-0.2, 0) is 4.12 Å². The van der Waals surface area contributed by atoms with Crippen LogP contribution in [0, 0.1) is 0 Å². The van der Waals surface area contributed by atoms with Gasteiger partial charge in [-0.25, -0.2) is 0 Å². The summed E-state index contributed by atoms with van der Waals surface area (Å²) < 4.78 is 6.71. The van der Waals surface area contributed by atoms with Crippen molar-refractivity contribution < 1.29 is 4.12 Å². The Morgan fingerprint density at radius 1 is 0.714 bits per heavy atom. The van der Waals surface area contributed by atoms with Crippen LogP contribution < -0.4 is 10.4 Å². The van der Waals surface area contributed by atoms with Crippen LogP contribution in [-0.4, -0.2) is 11.6 Å². The molecule has 0 amide bonds. The number of benzene rings is 2. The van der Waals surface area contributed by atoms with E-state index in [4.69, 9.17) is 4.12 Å². The van der Waals surface area contributed by atoms with Crippen LogP contribution in [0.1, 0.15) is 0 Å². The van der Waals surface area contributed by atoms with Crippen molar-refractivity contribution in [2.24, 2.45) is 0 Å². The third kappa shape index (κ3) is 3.95. The summed E-state index contributed by atoms with van der Waals surface area (Å²) in [4.78, 5) is 0. The van der Waals surface area contributed by atoms with Crippen molar-refractivity contribution in [1.82, 2.24) is 0 Å². The minimum Gasteiger partial charge on any atom is -0.428 e. The molecular weight excluding hydrogens is 518 g/mol. The lowest BCUT2D eigenvalue weighted by Crippen LogP contribution is -2.55. The first kappa shape index (κ1) is 17.1. The van der Waals surface area contributed by atoms with E-state index >= 15 is 0 Å². The van der Waals surface area contributed by atoms with E-state index in [0.29, 0.717) is 0 Å². The second-order valence-electron chi connectivity index (χ2n) is 4.53. The van der Waals surface area contributed by atoms with Gasteiger partial charge in [0.2, 0.25) is 0 Å². The molecule has 0 bridgehead atoms. The van der Waals surface area contributed by atoms with Gasteiger partial charge in [-0.3, -0.25) is 0 Å². The molecular formula is C16H16I2OSi2. The van der Waals surface area contributed by atoms with Crippen LogP contribution in [0.2, 0.25) is 0 Å². The van der Waals surface area contributed by atoms with Crippen molar-refractivity contribution in [1.29, 1.82) is 0 Å². The molecule has 0 fully saturated rings. The fourth-order valence-corrected chi connectivity index (χ4v) is 19.3. The molecule has 108 valence electrons. The highest BCUT2D eigenvalue weighted by Crippen LogP contribution is 2.26. The maximum Gasteiger partial charge on any atom is 0.306 e. The molecule has 0 aliphatic rings.